The smallest absolute Gasteiger partial charge is 0.340 e. The van der Waals surface area contributed by atoms with Crippen LogP contribution < -0.4 is 5.32 Å². The quantitative estimate of drug-likeness (QED) is 0.632. The number of anilines is 1. The van der Waals surface area contributed by atoms with Crippen LogP contribution in [0.15, 0.2) is 66.7 Å². The fourth-order valence-corrected chi connectivity index (χ4v) is 3.30. The highest BCUT2D eigenvalue weighted by Gasteiger charge is 2.30. The molecule has 3 aromatic rings. The summed E-state index contributed by atoms with van der Waals surface area (Å²) in [5.74, 6) is -1.85. The lowest BCUT2D eigenvalue weighted by Crippen LogP contribution is -2.19. The third kappa shape index (κ3) is 4.07. The Morgan fingerprint density at radius 1 is 0.700 bits per heavy atom. The van der Waals surface area contributed by atoms with Gasteiger partial charge in [0.1, 0.15) is 0 Å². The van der Waals surface area contributed by atoms with Crippen LogP contribution in [0.2, 0.25) is 0 Å². The molecule has 0 saturated heterocycles. The van der Waals surface area contributed by atoms with Crippen molar-refractivity contribution < 1.29 is 23.9 Å². The normalized spacial score (nSPS) is 10.2. The minimum atomic E-state index is -0.755. The second-order valence-electron chi connectivity index (χ2n) is 6.49. The van der Waals surface area contributed by atoms with Crippen LogP contribution in [-0.4, -0.2) is 32.1 Å². The molecule has 0 saturated carbocycles. The van der Waals surface area contributed by atoms with E-state index in [4.69, 9.17) is 9.47 Å². The number of nitrogens with one attached hydrogen (secondary N) is 1. The highest BCUT2D eigenvalue weighted by atomic mass is 16.5. The lowest BCUT2D eigenvalue weighted by atomic mass is 9.88. The Kier molecular flexibility index (Phi) is 6.27. The van der Waals surface area contributed by atoms with Crippen molar-refractivity contribution in [1.82, 2.24) is 0 Å². The van der Waals surface area contributed by atoms with Gasteiger partial charge in [0.25, 0.3) is 0 Å². The first-order valence-electron chi connectivity index (χ1n) is 9.24. The van der Waals surface area contributed by atoms with E-state index in [2.05, 4.69) is 5.32 Å². The van der Waals surface area contributed by atoms with E-state index in [-0.39, 0.29) is 22.7 Å². The maximum absolute atomic E-state index is 12.8. The number of esters is 2. The van der Waals surface area contributed by atoms with Crippen molar-refractivity contribution in [3.05, 3.63) is 77.9 Å². The minimum Gasteiger partial charge on any atom is -0.465 e. The van der Waals surface area contributed by atoms with E-state index in [1.807, 2.05) is 60.7 Å². The highest BCUT2D eigenvalue weighted by Crippen LogP contribution is 2.40. The predicted molar refractivity (Wildman–Crippen MR) is 114 cm³/mol. The van der Waals surface area contributed by atoms with Crippen LogP contribution in [0.25, 0.3) is 22.3 Å². The molecule has 0 aliphatic carbocycles. The zero-order valence-corrected chi connectivity index (χ0v) is 16.9. The van der Waals surface area contributed by atoms with Crippen molar-refractivity contribution >= 4 is 23.5 Å². The van der Waals surface area contributed by atoms with Gasteiger partial charge in [-0.2, -0.15) is 0 Å². The maximum atomic E-state index is 12.8. The Balaban J connectivity index is 2.50. The monoisotopic (exact) mass is 403 g/mol. The van der Waals surface area contributed by atoms with Gasteiger partial charge in [-0.25, -0.2) is 9.59 Å². The Labute approximate surface area is 174 Å². The maximum Gasteiger partial charge on any atom is 0.340 e. The van der Waals surface area contributed by atoms with Gasteiger partial charge < -0.3 is 14.8 Å². The standard InChI is InChI=1S/C24H21NO5/c1-15(26)25-22-19(17-12-8-5-9-13-17)14-18(16-10-6-4-7-11-16)20(23(27)29-2)21(22)24(28)30-3/h4-14H,1-3H3,(H,25,26). The Hall–Kier alpha value is -3.93. The fraction of sp³-hybridized carbons (Fsp3) is 0.125. The number of carbonyl (C=O) groups excluding carboxylic acids is 3. The van der Waals surface area contributed by atoms with Gasteiger partial charge in [0.05, 0.1) is 31.0 Å². The van der Waals surface area contributed by atoms with Gasteiger partial charge in [-0.1, -0.05) is 60.7 Å². The molecule has 0 unspecified atom stereocenters. The molecule has 3 rings (SSSR count). The molecule has 0 atom stereocenters. The summed E-state index contributed by atoms with van der Waals surface area (Å²) < 4.78 is 9.96. The molecule has 0 spiro atoms. The average Bonchev–Trinajstić information content (AvgIpc) is 2.78. The van der Waals surface area contributed by atoms with Crippen LogP contribution in [0, 0.1) is 0 Å². The summed E-state index contributed by atoms with van der Waals surface area (Å²) in [7, 11) is 2.46. The van der Waals surface area contributed by atoms with Gasteiger partial charge in [0, 0.05) is 12.5 Å². The number of methoxy groups -OCH3 is 2. The van der Waals surface area contributed by atoms with Gasteiger partial charge in [-0.05, 0) is 22.8 Å². The summed E-state index contributed by atoms with van der Waals surface area (Å²) >= 11 is 0. The first-order chi connectivity index (χ1) is 14.5. The van der Waals surface area contributed by atoms with E-state index in [9.17, 15) is 14.4 Å². The largest absolute Gasteiger partial charge is 0.465 e. The third-order valence-corrected chi connectivity index (χ3v) is 4.58. The summed E-state index contributed by atoms with van der Waals surface area (Å²) in [5, 5.41) is 2.71. The fourth-order valence-electron chi connectivity index (χ4n) is 3.30. The number of amides is 1. The molecule has 0 heterocycles. The molecule has 0 radical (unpaired) electrons. The zero-order valence-electron chi connectivity index (χ0n) is 16.9. The van der Waals surface area contributed by atoms with E-state index in [0.29, 0.717) is 11.1 Å². The molecule has 6 nitrogen and oxygen atoms in total. The molecule has 0 aliphatic rings. The summed E-state index contributed by atoms with van der Waals surface area (Å²) in [6, 6.07) is 20.2. The number of hydrogen-bond acceptors (Lipinski definition) is 5. The van der Waals surface area contributed by atoms with E-state index < -0.39 is 11.9 Å². The SMILES string of the molecule is COC(=O)c1c(-c2ccccc2)cc(-c2ccccc2)c(NC(C)=O)c1C(=O)OC. The van der Waals surface area contributed by atoms with Gasteiger partial charge >= 0.3 is 11.9 Å². The Morgan fingerprint density at radius 3 is 1.63 bits per heavy atom. The zero-order chi connectivity index (χ0) is 21.7. The van der Waals surface area contributed by atoms with Crippen LogP contribution in [0.3, 0.4) is 0 Å². The molecule has 6 heteroatoms. The van der Waals surface area contributed by atoms with Crippen LogP contribution in [0.5, 0.6) is 0 Å². The topological polar surface area (TPSA) is 81.7 Å². The minimum absolute atomic E-state index is 0.0268. The summed E-state index contributed by atoms with van der Waals surface area (Å²) in [6.07, 6.45) is 0. The molecule has 1 amide bonds. The van der Waals surface area contributed by atoms with E-state index in [1.165, 1.54) is 21.1 Å². The van der Waals surface area contributed by atoms with Crippen molar-refractivity contribution in [2.24, 2.45) is 0 Å². The molecule has 0 bridgehead atoms. The number of carbonyl (C=O) groups is 3. The van der Waals surface area contributed by atoms with Crippen LogP contribution in [0.4, 0.5) is 5.69 Å². The second kappa shape index (κ2) is 9.05. The molecule has 30 heavy (non-hydrogen) atoms. The summed E-state index contributed by atoms with van der Waals surface area (Å²) in [5.41, 5.74) is 2.72. The molecular weight excluding hydrogens is 382 g/mol. The van der Waals surface area contributed by atoms with Crippen molar-refractivity contribution in [2.75, 3.05) is 19.5 Å². The van der Waals surface area contributed by atoms with Crippen LogP contribution >= 0.6 is 0 Å². The van der Waals surface area contributed by atoms with Gasteiger partial charge in [0.15, 0.2) is 0 Å². The average molecular weight is 403 g/mol. The Bertz CT molecular complexity index is 1090. The van der Waals surface area contributed by atoms with E-state index in [0.717, 1.165) is 11.1 Å². The third-order valence-electron chi connectivity index (χ3n) is 4.58. The highest BCUT2D eigenvalue weighted by molar-refractivity contribution is 6.15. The first-order valence-corrected chi connectivity index (χ1v) is 9.24. The molecular formula is C24H21NO5. The van der Waals surface area contributed by atoms with E-state index >= 15 is 0 Å². The van der Waals surface area contributed by atoms with Crippen molar-refractivity contribution in [3.8, 4) is 22.3 Å². The number of ether oxygens (including phenoxy) is 2. The van der Waals surface area contributed by atoms with Gasteiger partial charge in [0.2, 0.25) is 5.91 Å². The van der Waals surface area contributed by atoms with Crippen molar-refractivity contribution in [2.45, 2.75) is 6.92 Å². The molecule has 3 aromatic carbocycles. The number of hydrogen-bond donors (Lipinski definition) is 1. The predicted octanol–water partition coefficient (Wildman–Crippen LogP) is 4.55. The lowest BCUT2D eigenvalue weighted by Gasteiger charge is -2.20. The summed E-state index contributed by atoms with van der Waals surface area (Å²) in [6.45, 7) is 1.33. The molecule has 0 aliphatic heterocycles. The van der Waals surface area contributed by atoms with Crippen molar-refractivity contribution in [1.29, 1.82) is 0 Å². The van der Waals surface area contributed by atoms with Crippen molar-refractivity contribution in [3.63, 3.8) is 0 Å². The second-order valence-corrected chi connectivity index (χ2v) is 6.49. The van der Waals surface area contributed by atoms with Crippen LogP contribution in [-0.2, 0) is 14.3 Å². The van der Waals surface area contributed by atoms with Crippen LogP contribution in [0.1, 0.15) is 27.6 Å². The van der Waals surface area contributed by atoms with E-state index in [1.54, 1.807) is 6.07 Å². The first kappa shape index (κ1) is 20.8. The molecule has 0 fully saturated rings. The number of benzene rings is 3. The molecule has 152 valence electrons. The van der Waals surface area contributed by atoms with Gasteiger partial charge in [-0.3, -0.25) is 4.79 Å². The summed E-state index contributed by atoms with van der Waals surface area (Å²) in [4.78, 5) is 37.6. The lowest BCUT2D eigenvalue weighted by molar-refractivity contribution is -0.114. The number of rotatable bonds is 5. The molecule has 0 aromatic heterocycles. The molecule has 1 N–H and O–H groups in total. The Morgan fingerprint density at radius 2 is 1.17 bits per heavy atom. The van der Waals surface area contributed by atoms with Gasteiger partial charge in [-0.15, -0.1) is 0 Å².